The summed E-state index contributed by atoms with van der Waals surface area (Å²) >= 11 is 5.95. The Morgan fingerprint density at radius 2 is 1.75 bits per heavy atom. The van der Waals surface area contributed by atoms with Gasteiger partial charge in [0, 0.05) is 17.0 Å². The highest BCUT2D eigenvalue weighted by Gasteiger charge is 2.12. The molecular weight excluding hydrogens is 275 g/mol. The highest BCUT2D eigenvalue weighted by Crippen LogP contribution is 2.22. The average molecular weight is 301 g/mol. The van der Waals surface area contributed by atoms with E-state index in [1.54, 1.807) is 12.1 Å². The second-order valence-electron chi connectivity index (χ2n) is 5.47. The zero-order chi connectivity index (χ0) is 14.8. The van der Waals surface area contributed by atoms with E-state index in [1.165, 1.54) is 38.2 Å². The first-order valence-electron chi connectivity index (χ1n) is 7.76. The normalized spacial score (nSPS) is 12.6. The van der Waals surface area contributed by atoms with Gasteiger partial charge in [0.15, 0.2) is 0 Å². The van der Waals surface area contributed by atoms with E-state index in [-0.39, 0.29) is 5.82 Å². The number of hydrogen-bond donors (Lipinski definition) is 1. The number of aliphatic hydroxyl groups excluding tert-OH is 1. The number of unbranched alkanes of at least 4 members (excludes halogenated alkanes) is 6. The van der Waals surface area contributed by atoms with E-state index >= 15 is 0 Å². The molecule has 20 heavy (non-hydrogen) atoms. The van der Waals surface area contributed by atoms with E-state index in [0.717, 1.165) is 19.3 Å². The fourth-order valence-corrected chi connectivity index (χ4v) is 2.64. The van der Waals surface area contributed by atoms with Crippen LogP contribution in [0.5, 0.6) is 0 Å². The van der Waals surface area contributed by atoms with Crippen LogP contribution in [0.4, 0.5) is 4.39 Å². The number of halogens is 2. The lowest BCUT2D eigenvalue weighted by Crippen LogP contribution is -2.11. The monoisotopic (exact) mass is 300 g/mol. The van der Waals surface area contributed by atoms with E-state index in [1.807, 2.05) is 0 Å². The minimum absolute atomic E-state index is 0.307. The second kappa shape index (κ2) is 10.2. The van der Waals surface area contributed by atoms with Crippen LogP contribution in [0.2, 0.25) is 5.02 Å². The van der Waals surface area contributed by atoms with Crippen LogP contribution in [0.25, 0.3) is 0 Å². The molecule has 1 rings (SSSR count). The van der Waals surface area contributed by atoms with E-state index in [0.29, 0.717) is 17.0 Å². The lowest BCUT2D eigenvalue weighted by Gasteiger charge is -2.12. The molecule has 0 saturated carbocycles. The van der Waals surface area contributed by atoms with Gasteiger partial charge in [-0.1, -0.05) is 69.5 Å². The van der Waals surface area contributed by atoms with Crippen molar-refractivity contribution in [1.29, 1.82) is 0 Å². The van der Waals surface area contributed by atoms with Crippen molar-refractivity contribution in [2.24, 2.45) is 0 Å². The fraction of sp³-hybridized carbons (Fsp3) is 0.647. The van der Waals surface area contributed by atoms with Gasteiger partial charge in [0.2, 0.25) is 0 Å². The number of hydrogen-bond acceptors (Lipinski definition) is 1. The Hall–Kier alpha value is -0.600. The van der Waals surface area contributed by atoms with Gasteiger partial charge in [-0.05, 0) is 18.6 Å². The van der Waals surface area contributed by atoms with Gasteiger partial charge in [-0.15, -0.1) is 0 Å². The second-order valence-corrected chi connectivity index (χ2v) is 5.88. The lowest BCUT2D eigenvalue weighted by atomic mass is 10.0. The van der Waals surface area contributed by atoms with Crippen LogP contribution < -0.4 is 0 Å². The molecule has 1 N–H and O–H groups in total. The van der Waals surface area contributed by atoms with E-state index in [9.17, 15) is 9.50 Å². The first-order valence-corrected chi connectivity index (χ1v) is 8.14. The van der Waals surface area contributed by atoms with E-state index in [2.05, 4.69) is 6.92 Å². The third kappa shape index (κ3) is 6.71. The molecule has 1 atom stereocenters. The number of rotatable bonds is 10. The SMILES string of the molecule is CCCCCCCCCC(O)Cc1c(F)cccc1Cl. The number of aliphatic hydroxyl groups is 1. The average Bonchev–Trinajstić information content (AvgIpc) is 2.42. The summed E-state index contributed by atoms with van der Waals surface area (Å²) in [7, 11) is 0. The molecule has 0 bridgehead atoms. The molecule has 1 aromatic carbocycles. The Morgan fingerprint density at radius 3 is 2.40 bits per heavy atom. The molecule has 0 radical (unpaired) electrons. The van der Waals surface area contributed by atoms with E-state index in [4.69, 9.17) is 11.6 Å². The van der Waals surface area contributed by atoms with Gasteiger partial charge in [0.25, 0.3) is 0 Å². The summed E-state index contributed by atoms with van der Waals surface area (Å²) in [4.78, 5) is 0. The van der Waals surface area contributed by atoms with Gasteiger partial charge in [0.1, 0.15) is 5.82 Å². The predicted molar refractivity (Wildman–Crippen MR) is 83.7 cm³/mol. The predicted octanol–water partition coefficient (Wildman–Crippen LogP) is 5.52. The van der Waals surface area contributed by atoms with Crippen LogP contribution in [-0.2, 0) is 6.42 Å². The Kier molecular flexibility index (Phi) is 8.88. The van der Waals surface area contributed by atoms with Gasteiger partial charge >= 0.3 is 0 Å². The molecule has 1 nitrogen and oxygen atoms in total. The summed E-state index contributed by atoms with van der Waals surface area (Å²) in [5, 5.41) is 10.4. The van der Waals surface area contributed by atoms with Crippen molar-refractivity contribution in [2.45, 2.75) is 70.8 Å². The van der Waals surface area contributed by atoms with Crippen molar-refractivity contribution in [3.63, 3.8) is 0 Å². The minimum atomic E-state index is -0.500. The quantitative estimate of drug-likeness (QED) is 0.564. The largest absolute Gasteiger partial charge is 0.393 e. The smallest absolute Gasteiger partial charge is 0.127 e. The van der Waals surface area contributed by atoms with E-state index < -0.39 is 6.10 Å². The maximum Gasteiger partial charge on any atom is 0.127 e. The summed E-state index contributed by atoms with van der Waals surface area (Å²) in [6.07, 6.45) is 9.07. The van der Waals surface area contributed by atoms with Crippen LogP contribution in [0.15, 0.2) is 18.2 Å². The summed E-state index contributed by atoms with van der Waals surface area (Å²) in [5.41, 5.74) is 0.435. The van der Waals surface area contributed by atoms with Crippen molar-refractivity contribution < 1.29 is 9.50 Å². The maximum absolute atomic E-state index is 13.6. The topological polar surface area (TPSA) is 20.2 Å². The van der Waals surface area contributed by atoms with Gasteiger partial charge in [-0.25, -0.2) is 4.39 Å². The molecule has 1 aromatic rings. The number of benzene rings is 1. The Labute approximate surface area is 127 Å². The lowest BCUT2D eigenvalue weighted by molar-refractivity contribution is 0.159. The summed E-state index contributed by atoms with van der Waals surface area (Å²) in [5.74, 6) is -0.323. The molecule has 0 saturated heterocycles. The molecule has 0 spiro atoms. The van der Waals surface area contributed by atoms with Crippen LogP contribution in [0.1, 0.15) is 63.9 Å². The molecule has 114 valence electrons. The highest BCUT2D eigenvalue weighted by atomic mass is 35.5. The first kappa shape index (κ1) is 17.5. The summed E-state index contributed by atoms with van der Waals surface area (Å²) < 4.78 is 13.6. The van der Waals surface area contributed by atoms with Crippen molar-refractivity contribution in [1.82, 2.24) is 0 Å². The highest BCUT2D eigenvalue weighted by molar-refractivity contribution is 6.31. The molecule has 0 aromatic heterocycles. The van der Waals surface area contributed by atoms with Gasteiger partial charge in [-0.2, -0.15) is 0 Å². The van der Waals surface area contributed by atoms with Crippen molar-refractivity contribution >= 4 is 11.6 Å². The Balaban J connectivity index is 2.19. The van der Waals surface area contributed by atoms with Gasteiger partial charge < -0.3 is 5.11 Å². The molecule has 0 fully saturated rings. The van der Waals surface area contributed by atoms with Crippen LogP contribution in [0, 0.1) is 5.82 Å². The van der Waals surface area contributed by atoms with Crippen molar-refractivity contribution in [3.8, 4) is 0 Å². The maximum atomic E-state index is 13.6. The van der Waals surface area contributed by atoms with Crippen LogP contribution in [0.3, 0.4) is 0 Å². The zero-order valence-electron chi connectivity index (χ0n) is 12.4. The fourth-order valence-electron chi connectivity index (χ4n) is 2.40. The van der Waals surface area contributed by atoms with Crippen LogP contribution in [-0.4, -0.2) is 11.2 Å². The van der Waals surface area contributed by atoms with Gasteiger partial charge in [0.05, 0.1) is 6.10 Å². The zero-order valence-corrected chi connectivity index (χ0v) is 13.1. The standard InChI is InChI=1S/C17H26ClFO/c1-2-3-4-5-6-7-8-10-14(20)13-15-16(18)11-9-12-17(15)19/h9,11-12,14,20H,2-8,10,13H2,1H3. The third-order valence-electron chi connectivity index (χ3n) is 3.64. The molecule has 0 aliphatic carbocycles. The Bertz CT molecular complexity index is 361. The summed E-state index contributed by atoms with van der Waals surface area (Å²) in [6.45, 7) is 2.21. The molecule has 1 unspecified atom stereocenters. The first-order chi connectivity index (χ1) is 9.65. The van der Waals surface area contributed by atoms with Crippen molar-refractivity contribution in [3.05, 3.63) is 34.6 Å². The molecule has 0 heterocycles. The molecule has 3 heteroatoms. The summed E-state index contributed by atoms with van der Waals surface area (Å²) in [6, 6.07) is 4.64. The van der Waals surface area contributed by atoms with Crippen molar-refractivity contribution in [2.75, 3.05) is 0 Å². The van der Waals surface area contributed by atoms with Crippen LogP contribution >= 0.6 is 11.6 Å². The van der Waals surface area contributed by atoms with Gasteiger partial charge in [-0.3, -0.25) is 0 Å². The third-order valence-corrected chi connectivity index (χ3v) is 4.00. The molecular formula is C17H26ClFO. The molecule has 0 aliphatic heterocycles. The molecule has 0 amide bonds. The minimum Gasteiger partial charge on any atom is -0.393 e. The molecule has 0 aliphatic rings. The Morgan fingerprint density at radius 1 is 1.10 bits per heavy atom.